The maximum absolute atomic E-state index is 11.3. The fourth-order valence-corrected chi connectivity index (χ4v) is 1.83. The molecule has 0 fully saturated rings. The third-order valence-electron chi connectivity index (χ3n) is 1.78. The van der Waals surface area contributed by atoms with Gasteiger partial charge in [0.2, 0.25) is 0 Å². The zero-order chi connectivity index (χ0) is 9.68. The fourth-order valence-electron chi connectivity index (χ4n) is 1.03. The van der Waals surface area contributed by atoms with Crippen molar-refractivity contribution in [1.82, 2.24) is 0 Å². The van der Waals surface area contributed by atoms with Crippen LogP contribution in [0.25, 0.3) is 0 Å². The zero-order valence-corrected chi connectivity index (χ0v) is 8.30. The van der Waals surface area contributed by atoms with Crippen LogP contribution in [0.15, 0.2) is 24.3 Å². The summed E-state index contributed by atoms with van der Waals surface area (Å²) in [5.41, 5.74) is 1.51. The van der Waals surface area contributed by atoms with Gasteiger partial charge in [-0.05, 0) is 11.6 Å². The van der Waals surface area contributed by atoms with Crippen molar-refractivity contribution in [1.29, 1.82) is 5.26 Å². The second-order valence-electron chi connectivity index (χ2n) is 2.64. The quantitative estimate of drug-likeness (QED) is 0.734. The van der Waals surface area contributed by atoms with E-state index in [1.807, 2.05) is 25.1 Å². The molecule has 0 bridgehead atoms. The summed E-state index contributed by atoms with van der Waals surface area (Å²) in [4.78, 5) is 0. The number of hydrogen-bond acceptors (Lipinski definition) is 2. The Bertz CT molecular complexity index is 354. The molecule has 1 unspecified atom stereocenters. The van der Waals surface area contributed by atoms with Gasteiger partial charge in [-0.2, -0.15) is 5.26 Å². The molecular weight excluding hydrogens is 182 g/mol. The molecule has 2 nitrogen and oxygen atoms in total. The Morgan fingerprint density at radius 3 is 2.77 bits per heavy atom. The standard InChI is InChI=1S/C10H11NOS/c1-2-13(12)8-10-6-4-3-5-9(10)7-11/h3-6H,2,8H2,1H3. The summed E-state index contributed by atoms with van der Waals surface area (Å²) < 4.78 is 11.3. The van der Waals surface area contributed by atoms with Crippen LogP contribution in [0.4, 0.5) is 0 Å². The van der Waals surface area contributed by atoms with E-state index in [1.165, 1.54) is 0 Å². The van der Waals surface area contributed by atoms with E-state index in [9.17, 15) is 4.21 Å². The van der Waals surface area contributed by atoms with E-state index in [4.69, 9.17) is 5.26 Å². The van der Waals surface area contributed by atoms with E-state index < -0.39 is 10.8 Å². The van der Waals surface area contributed by atoms with Crippen LogP contribution in [0.2, 0.25) is 0 Å². The van der Waals surface area contributed by atoms with Crippen LogP contribution in [0, 0.1) is 11.3 Å². The van der Waals surface area contributed by atoms with Crippen LogP contribution in [-0.4, -0.2) is 9.96 Å². The van der Waals surface area contributed by atoms with Gasteiger partial charge < -0.3 is 0 Å². The molecule has 0 saturated carbocycles. The monoisotopic (exact) mass is 193 g/mol. The molecule has 3 heteroatoms. The molecule has 0 radical (unpaired) electrons. The van der Waals surface area contributed by atoms with E-state index in [2.05, 4.69) is 6.07 Å². The molecular formula is C10H11NOS. The van der Waals surface area contributed by atoms with Gasteiger partial charge in [-0.15, -0.1) is 0 Å². The first-order chi connectivity index (χ1) is 6.27. The minimum absolute atomic E-state index is 0.486. The van der Waals surface area contributed by atoms with Crippen molar-refractivity contribution in [3.63, 3.8) is 0 Å². The summed E-state index contributed by atoms with van der Waals surface area (Å²) in [6, 6.07) is 9.38. The van der Waals surface area contributed by atoms with Crippen molar-refractivity contribution in [3.05, 3.63) is 35.4 Å². The highest BCUT2D eigenvalue weighted by Crippen LogP contribution is 2.09. The van der Waals surface area contributed by atoms with Crippen molar-refractivity contribution in [2.24, 2.45) is 0 Å². The van der Waals surface area contributed by atoms with E-state index in [-0.39, 0.29) is 0 Å². The molecule has 1 rings (SSSR count). The number of nitrogens with zero attached hydrogens (tertiary/aromatic N) is 1. The summed E-state index contributed by atoms with van der Waals surface area (Å²) in [7, 11) is -0.841. The van der Waals surface area contributed by atoms with Gasteiger partial charge in [0, 0.05) is 22.3 Å². The second-order valence-corrected chi connectivity index (χ2v) is 4.39. The van der Waals surface area contributed by atoms with Gasteiger partial charge in [0.25, 0.3) is 0 Å². The molecule has 1 aromatic carbocycles. The Balaban J connectivity index is 2.89. The van der Waals surface area contributed by atoms with Crippen LogP contribution >= 0.6 is 0 Å². The molecule has 1 aromatic rings. The third kappa shape index (κ3) is 2.67. The Labute approximate surface area is 80.7 Å². The maximum atomic E-state index is 11.3. The first-order valence-corrected chi connectivity index (χ1v) is 5.59. The summed E-state index contributed by atoms with van der Waals surface area (Å²) in [5, 5.41) is 8.76. The molecule has 0 spiro atoms. The van der Waals surface area contributed by atoms with E-state index in [0.717, 1.165) is 5.56 Å². The summed E-state index contributed by atoms with van der Waals surface area (Å²) in [5.74, 6) is 1.12. The summed E-state index contributed by atoms with van der Waals surface area (Å²) in [6.45, 7) is 1.88. The Morgan fingerprint density at radius 2 is 2.15 bits per heavy atom. The Hall–Kier alpha value is -1.14. The molecule has 0 aromatic heterocycles. The fraction of sp³-hybridized carbons (Fsp3) is 0.300. The van der Waals surface area contributed by atoms with Crippen LogP contribution in [-0.2, 0) is 16.6 Å². The van der Waals surface area contributed by atoms with Gasteiger partial charge >= 0.3 is 0 Å². The highest BCUT2D eigenvalue weighted by molar-refractivity contribution is 7.84. The Kier molecular flexibility index (Phi) is 3.66. The molecule has 1 atom stereocenters. The molecule has 0 saturated heterocycles. The van der Waals surface area contributed by atoms with Gasteiger partial charge in [0.05, 0.1) is 11.6 Å². The average Bonchev–Trinajstić information content (AvgIpc) is 2.18. The van der Waals surface area contributed by atoms with Crippen molar-refractivity contribution in [3.8, 4) is 6.07 Å². The normalized spacial score (nSPS) is 12.0. The van der Waals surface area contributed by atoms with Gasteiger partial charge in [-0.25, -0.2) is 0 Å². The number of rotatable bonds is 3. The van der Waals surface area contributed by atoms with Crippen molar-refractivity contribution in [2.75, 3.05) is 5.75 Å². The van der Waals surface area contributed by atoms with Gasteiger partial charge in [-0.1, -0.05) is 25.1 Å². The van der Waals surface area contributed by atoms with Crippen molar-refractivity contribution in [2.45, 2.75) is 12.7 Å². The zero-order valence-electron chi connectivity index (χ0n) is 7.49. The van der Waals surface area contributed by atoms with Crippen LogP contribution in [0.3, 0.4) is 0 Å². The summed E-state index contributed by atoms with van der Waals surface area (Å²) in [6.07, 6.45) is 0. The smallest absolute Gasteiger partial charge is 0.0994 e. The van der Waals surface area contributed by atoms with E-state index in [0.29, 0.717) is 17.1 Å². The average molecular weight is 193 g/mol. The van der Waals surface area contributed by atoms with Crippen LogP contribution in [0.1, 0.15) is 18.1 Å². The molecule has 0 N–H and O–H groups in total. The number of hydrogen-bond donors (Lipinski definition) is 0. The second kappa shape index (κ2) is 4.78. The van der Waals surface area contributed by atoms with E-state index >= 15 is 0 Å². The molecule has 68 valence electrons. The molecule has 0 amide bonds. The molecule has 0 aliphatic carbocycles. The molecule has 0 aliphatic rings. The van der Waals surface area contributed by atoms with Gasteiger partial charge in [0.1, 0.15) is 0 Å². The lowest BCUT2D eigenvalue weighted by atomic mass is 10.1. The molecule has 0 aliphatic heterocycles. The highest BCUT2D eigenvalue weighted by atomic mass is 32.2. The minimum Gasteiger partial charge on any atom is -0.259 e. The minimum atomic E-state index is -0.841. The predicted octanol–water partition coefficient (Wildman–Crippen LogP) is 1.83. The highest BCUT2D eigenvalue weighted by Gasteiger charge is 2.03. The lowest BCUT2D eigenvalue weighted by Gasteiger charge is -2.01. The predicted molar refractivity (Wildman–Crippen MR) is 53.5 cm³/mol. The lowest BCUT2D eigenvalue weighted by Crippen LogP contribution is -1.99. The largest absolute Gasteiger partial charge is 0.259 e. The van der Waals surface area contributed by atoms with Crippen LogP contribution in [0.5, 0.6) is 0 Å². The Morgan fingerprint density at radius 1 is 1.46 bits per heavy atom. The molecule has 13 heavy (non-hydrogen) atoms. The van der Waals surface area contributed by atoms with Gasteiger partial charge in [-0.3, -0.25) is 4.21 Å². The van der Waals surface area contributed by atoms with Crippen LogP contribution < -0.4 is 0 Å². The topological polar surface area (TPSA) is 40.9 Å². The lowest BCUT2D eigenvalue weighted by molar-refractivity contribution is 0.683. The third-order valence-corrected chi connectivity index (χ3v) is 3.05. The van der Waals surface area contributed by atoms with Gasteiger partial charge in [0.15, 0.2) is 0 Å². The summed E-state index contributed by atoms with van der Waals surface area (Å²) >= 11 is 0. The van der Waals surface area contributed by atoms with Crippen molar-refractivity contribution < 1.29 is 4.21 Å². The van der Waals surface area contributed by atoms with E-state index in [1.54, 1.807) is 6.07 Å². The number of benzene rings is 1. The molecule has 0 heterocycles. The SMILES string of the molecule is CCS(=O)Cc1ccccc1C#N. The first kappa shape index (κ1) is 9.94. The first-order valence-electron chi connectivity index (χ1n) is 4.11. The maximum Gasteiger partial charge on any atom is 0.0994 e. The number of nitriles is 1. The van der Waals surface area contributed by atoms with Crippen molar-refractivity contribution >= 4 is 10.8 Å².